The van der Waals surface area contributed by atoms with Crippen molar-refractivity contribution in [2.24, 2.45) is 10.8 Å². The van der Waals surface area contributed by atoms with Crippen molar-refractivity contribution in [2.45, 2.75) is 13.0 Å². The molecule has 1 atom stereocenters. The monoisotopic (exact) mass is 245 g/mol. The number of nitrogens with one attached hydrogen (secondary N) is 1. The zero-order valence-electron chi connectivity index (χ0n) is 10.1. The lowest BCUT2D eigenvalue weighted by molar-refractivity contribution is -0.121. The molecule has 0 saturated carbocycles. The lowest BCUT2D eigenvalue weighted by Gasteiger charge is -2.15. The van der Waals surface area contributed by atoms with Crippen molar-refractivity contribution >= 4 is 18.2 Å². The normalized spacial score (nSPS) is 15.6. The number of para-hydroxylation sites is 1. The van der Waals surface area contributed by atoms with Crippen molar-refractivity contribution in [3.05, 3.63) is 35.4 Å². The Bertz CT molecular complexity index is 507. The maximum atomic E-state index is 11.2. The van der Waals surface area contributed by atoms with Gasteiger partial charge in [0, 0.05) is 11.1 Å². The Labute approximate surface area is 105 Å². The molecule has 1 amide bonds. The number of nitrogens with two attached hydrogens (primary N) is 1. The lowest BCUT2D eigenvalue weighted by atomic mass is 10.1. The highest BCUT2D eigenvalue weighted by molar-refractivity contribution is 5.89. The van der Waals surface area contributed by atoms with Crippen LogP contribution in [0.25, 0.3) is 6.08 Å². The first-order chi connectivity index (χ1) is 8.66. The second-order valence-electron chi connectivity index (χ2n) is 4.07. The molecule has 18 heavy (non-hydrogen) atoms. The third kappa shape index (κ3) is 2.95. The van der Waals surface area contributed by atoms with E-state index in [0.717, 1.165) is 16.9 Å². The van der Waals surface area contributed by atoms with E-state index < -0.39 is 6.04 Å². The first-order valence-corrected chi connectivity index (χ1v) is 5.68. The van der Waals surface area contributed by atoms with E-state index in [1.165, 1.54) is 0 Å². The molecule has 3 N–H and O–H groups in total. The summed E-state index contributed by atoms with van der Waals surface area (Å²) in [4.78, 5) is 11.2. The lowest BCUT2D eigenvalue weighted by Crippen LogP contribution is -2.35. The summed E-state index contributed by atoms with van der Waals surface area (Å²) < 4.78 is 5.54. The highest BCUT2D eigenvalue weighted by Gasteiger charge is 2.09. The van der Waals surface area contributed by atoms with Crippen LogP contribution in [-0.4, -0.2) is 24.8 Å². The first kappa shape index (κ1) is 12.3. The van der Waals surface area contributed by atoms with E-state index in [1.807, 2.05) is 30.3 Å². The summed E-state index contributed by atoms with van der Waals surface area (Å²) in [5, 5.41) is 3.84. The third-order valence-electron chi connectivity index (χ3n) is 2.47. The van der Waals surface area contributed by atoms with Crippen molar-refractivity contribution < 1.29 is 9.53 Å². The Balaban J connectivity index is 2.02. The standard InChI is InChI=1S/C13H15N3O2/c1-9(14)13(17)16-15-7-10-6-11-4-2-3-5-12(11)18-8-10/h2-7,9H,8,14H2,1H3,(H,16,17)/b15-7+/t9-/m1/s1. The highest BCUT2D eigenvalue weighted by Crippen LogP contribution is 2.24. The molecule has 0 aromatic heterocycles. The van der Waals surface area contributed by atoms with Gasteiger partial charge in [0.25, 0.3) is 5.91 Å². The summed E-state index contributed by atoms with van der Waals surface area (Å²) in [6, 6.07) is 7.17. The quantitative estimate of drug-likeness (QED) is 0.614. The van der Waals surface area contributed by atoms with Crippen molar-refractivity contribution in [1.29, 1.82) is 0 Å². The molecular formula is C13H15N3O2. The third-order valence-corrected chi connectivity index (χ3v) is 2.47. The molecule has 0 fully saturated rings. The van der Waals surface area contributed by atoms with Crippen molar-refractivity contribution in [3.8, 4) is 5.75 Å². The number of nitrogens with zero attached hydrogens (tertiary/aromatic N) is 1. The van der Waals surface area contributed by atoms with Crippen LogP contribution in [0.1, 0.15) is 12.5 Å². The van der Waals surface area contributed by atoms with E-state index in [2.05, 4.69) is 10.5 Å². The summed E-state index contributed by atoms with van der Waals surface area (Å²) in [6.07, 6.45) is 3.54. The SMILES string of the molecule is C[C@@H](N)C(=O)N/N=C/C1=Cc2ccccc2OC1. The Hall–Kier alpha value is -2.14. The zero-order valence-corrected chi connectivity index (χ0v) is 10.1. The molecule has 1 heterocycles. The molecule has 0 aliphatic carbocycles. The number of benzene rings is 1. The van der Waals surface area contributed by atoms with E-state index in [-0.39, 0.29) is 5.91 Å². The maximum absolute atomic E-state index is 11.2. The fraction of sp³-hybridized carbons (Fsp3) is 0.231. The Morgan fingerprint density at radius 1 is 1.56 bits per heavy atom. The average molecular weight is 245 g/mol. The molecule has 5 heteroatoms. The van der Waals surface area contributed by atoms with Gasteiger partial charge in [0.2, 0.25) is 0 Å². The number of hydrogen-bond acceptors (Lipinski definition) is 4. The van der Waals surface area contributed by atoms with Crippen LogP contribution in [0.2, 0.25) is 0 Å². The van der Waals surface area contributed by atoms with Crippen LogP contribution in [0, 0.1) is 0 Å². The van der Waals surface area contributed by atoms with E-state index in [4.69, 9.17) is 10.5 Å². The number of amides is 1. The molecular weight excluding hydrogens is 230 g/mol. The van der Waals surface area contributed by atoms with Gasteiger partial charge in [0.05, 0.1) is 12.3 Å². The van der Waals surface area contributed by atoms with Gasteiger partial charge in [-0.3, -0.25) is 4.79 Å². The Morgan fingerprint density at radius 2 is 2.33 bits per heavy atom. The summed E-state index contributed by atoms with van der Waals surface area (Å²) in [5.74, 6) is 0.540. The molecule has 0 spiro atoms. The van der Waals surface area contributed by atoms with E-state index >= 15 is 0 Å². The van der Waals surface area contributed by atoms with Crippen LogP contribution in [0.5, 0.6) is 5.75 Å². The second kappa shape index (κ2) is 5.46. The fourth-order valence-corrected chi connectivity index (χ4v) is 1.49. The van der Waals surface area contributed by atoms with Crippen LogP contribution in [0.3, 0.4) is 0 Å². The predicted molar refractivity (Wildman–Crippen MR) is 70.2 cm³/mol. The van der Waals surface area contributed by atoms with E-state index in [1.54, 1.807) is 13.1 Å². The molecule has 94 valence electrons. The van der Waals surface area contributed by atoms with Gasteiger partial charge in [0.1, 0.15) is 12.4 Å². The maximum Gasteiger partial charge on any atom is 0.256 e. The second-order valence-corrected chi connectivity index (χ2v) is 4.07. The topological polar surface area (TPSA) is 76.7 Å². The largest absolute Gasteiger partial charge is 0.488 e. The minimum absolute atomic E-state index is 0.316. The molecule has 0 saturated heterocycles. The fourth-order valence-electron chi connectivity index (χ4n) is 1.49. The number of carbonyl (C=O) groups is 1. The first-order valence-electron chi connectivity index (χ1n) is 5.68. The summed E-state index contributed by atoms with van der Waals surface area (Å²) in [7, 11) is 0. The molecule has 1 aromatic carbocycles. The molecule has 1 aliphatic heterocycles. The van der Waals surface area contributed by atoms with Gasteiger partial charge in [-0.2, -0.15) is 5.10 Å². The summed E-state index contributed by atoms with van der Waals surface area (Å²) in [6.45, 7) is 2.04. The molecule has 2 rings (SSSR count). The number of ether oxygens (including phenoxy) is 1. The number of hydrazone groups is 1. The molecule has 1 aliphatic rings. The van der Waals surface area contributed by atoms with E-state index in [0.29, 0.717) is 6.61 Å². The minimum atomic E-state index is -0.570. The van der Waals surface area contributed by atoms with Crippen molar-refractivity contribution in [2.75, 3.05) is 6.61 Å². The molecule has 0 unspecified atom stereocenters. The zero-order chi connectivity index (χ0) is 13.0. The summed E-state index contributed by atoms with van der Waals surface area (Å²) in [5.41, 5.74) is 9.65. The van der Waals surface area contributed by atoms with Gasteiger partial charge in [-0.25, -0.2) is 5.43 Å². The van der Waals surface area contributed by atoms with E-state index in [9.17, 15) is 4.79 Å². The summed E-state index contributed by atoms with van der Waals surface area (Å²) >= 11 is 0. The average Bonchev–Trinajstić information content (AvgIpc) is 2.38. The van der Waals surface area contributed by atoms with Crippen LogP contribution in [0.15, 0.2) is 34.9 Å². The van der Waals surface area contributed by atoms with Gasteiger partial charge in [-0.05, 0) is 19.1 Å². The molecule has 0 radical (unpaired) electrons. The number of rotatable bonds is 3. The molecule has 5 nitrogen and oxygen atoms in total. The number of fused-ring (bicyclic) bond motifs is 1. The van der Waals surface area contributed by atoms with Gasteiger partial charge >= 0.3 is 0 Å². The Kier molecular flexibility index (Phi) is 3.74. The van der Waals surface area contributed by atoms with Crippen LogP contribution < -0.4 is 15.9 Å². The van der Waals surface area contributed by atoms with Gasteiger partial charge < -0.3 is 10.5 Å². The predicted octanol–water partition coefficient (Wildman–Crippen LogP) is 0.912. The van der Waals surface area contributed by atoms with Crippen LogP contribution in [-0.2, 0) is 4.79 Å². The van der Waals surface area contributed by atoms with Gasteiger partial charge in [-0.15, -0.1) is 0 Å². The van der Waals surface area contributed by atoms with Crippen molar-refractivity contribution in [3.63, 3.8) is 0 Å². The number of carbonyl (C=O) groups excluding carboxylic acids is 1. The molecule has 0 bridgehead atoms. The van der Waals surface area contributed by atoms with Crippen LogP contribution >= 0.6 is 0 Å². The van der Waals surface area contributed by atoms with Crippen molar-refractivity contribution in [1.82, 2.24) is 5.43 Å². The smallest absolute Gasteiger partial charge is 0.256 e. The van der Waals surface area contributed by atoms with Gasteiger partial charge in [0.15, 0.2) is 0 Å². The highest BCUT2D eigenvalue weighted by atomic mass is 16.5. The minimum Gasteiger partial charge on any atom is -0.488 e. The Morgan fingerprint density at radius 3 is 3.11 bits per heavy atom. The molecule has 1 aromatic rings. The van der Waals surface area contributed by atoms with Crippen LogP contribution in [0.4, 0.5) is 0 Å². The van der Waals surface area contributed by atoms with Gasteiger partial charge in [-0.1, -0.05) is 18.2 Å². The number of hydrogen-bond donors (Lipinski definition) is 2.